The normalized spacial score (nSPS) is 11.5. The highest BCUT2D eigenvalue weighted by molar-refractivity contribution is 7.92. The van der Waals surface area contributed by atoms with Gasteiger partial charge < -0.3 is 4.74 Å². The lowest BCUT2D eigenvalue weighted by atomic mass is 10.2. The second kappa shape index (κ2) is 8.55. The average Bonchev–Trinajstić information content (AvgIpc) is 2.68. The molecule has 0 bridgehead atoms. The molecule has 1 aromatic heterocycles. The number of ether oxygens (including phenoxy) is 1. The Morgan fingerprint density at radius 3 is 2.46 bits per heavy atom. The van der Waals surface area contributed by atoms with Crippen molar-refractivity contribution in [2.24, 2.45) is 4.99 Å². The molecule has 1 heterocycles. The summed E-state index contributed by atoms with van der Waals surface area (Å²) in [5.74, 6) is 0.0802. The maximum Gasteiger partial charge on any atom is 0.263 e. The highest BCUT2D eigenvalue weighted by Gasteiger charge is 2.17. The second-order valence-corrected chi connectivity index (χ2v) is 7.96. The number of rotatable bonds is 6. The molecule has 0 amide bonds. The van der Waals surface area contributed by atoms with Gasteiger partial charge in [0, 0.05) is 29.2 Å². The fraction of sp³-hybridized carbons (Fsp3) is 0.0556. The van der Waals surface area contributed by atoms with Crippen LogP contribution in [0, 0.1) is 0 Å². The van der Waals surface area contributed by atoms with Gasteiger partial charge in [0.25, 0.3) is 15.9 Å². The maximum absolute atomic E-state index is 12.5. The van der Waals surface area contributed by atoms with Crippen molar-refractivity contribution in [1.29, 1.82) is 0 Å². The Morgan fingerprint density at radius 2 is 1.79 bits per heavy atom. The molecule has 10 heteroatoms. The summed E-state index contributed by atoms with van der Waals surface area (Å²) in [4.78, 5) is 12.2. The SMILES string of the molecule is COc1nccnc1NS(=O)(=O)c1ccc(N=Cc2ccc(Cl)cc2Cl)cc1. The summed E-state index contributed by atoms with van der Waals surface area (Å²) in [7, 11) is -2.48. The summed E-state index contributed by atoms with van der Waals surface area (Å²) in [6, 6.07) is 11.1. The molecule has 0 fully saturated rings. The molecule has 0 atom stereocenters. The van der Waals surface area contributed by atoms with Gasteiger partial charge in [0.15, 0.2) is 0 Å². The van der Waals surface area contributed by atoms with Crippen molar-refractivity contribution < 1.29 is 13.2 Å². The van der Waals surface area contributed by atoms with E-state index in [1.54, 1.807) is 36.5 Å². The first kappa shape index (κ1) is 20.1. The van der Waals surface area contributed by atoms with E-state index in [0.717, 1.165) is 0 Å². The zero-order valence-electron chi connectivity index (χ0n) is 14.5. The molecule has 3 rings (SSSR count). The third-order valence-corrected chi connectivity index (χ3v) is 5.47. The van der Waals surface area contributed by atoms with Gasteiger partial charge in [0.2, 0.25) is 5.82 Å². The van der Waals surface area contributed by atoms with Crippen molar-refractivity contribution in [1.82, 2.24) is 9.97 Å². The van der Waals surface area contributed by atoms with Crippen molar-refractivity contribution in [2.75, 3.05) is 11.8 Å². The summed E-state index contributed by atoms with van der Waals surface area (Å²) in [6.45, 7) is 0. The largest absolute Gasteiger partial charge is 0.478 e. The van der Waals surface area contributed by atoms with Gasteiger partial charge in [-0.25, -0.2) is 18.4 Å². The highest BCUT2D eigenvalue weighted by Crippen LogP contribution is 2.24. The number of aliphatic imine (C=N–C) groups is 1. The Bertz CT molecular complexity index is 1120. The van der Waals surface area contributed by atoms with E-state index in [0.29, 0.717) is 21.3 Å². The highest BCUT2D eigenvalue weighted by atomic mass is 35.5. The minimum atomic E-state index is -3.86. The van der Waals surface area contributed by atoms with Crippen molar-refractivity contribution in [3.8, 4) is 5.88 Å². The molecule has 0 saturated carbocycles. The molecule has 3 aromatic rings. The van der Waals surface area contributed by atoms with Crippen LogP contribution in [0.3, 0.4) is 0 Å². The number of anilines is 1. The first-order chi connectivity index (χ1) is 13.4. The predicted molar refractivity (Wildman–Crippen MR) is 110 cm³/mol. The topological polar surface area (TPSA) is 93.5 Å². The molecule has 1 N–H and O–H groups in total. The number of halogens is 2. The van der Waals surface area contributed by atoms with Crippen LogP contribution in [0.4, 0.5) is 11.5 Å². The molecule has 0 spiro atoms. The average molecular weight is 437 g/mol. The van der Waals surface area contributed by atoms with Crippen LogP contribution < -0.4 is 9.46 Å². The summed E-state index contributed by atoms with van der Waals surface area (Å²) in [6.07, 6.45) is 4.33. The van der Waals surface area contributed by atoms with E-state index in [1.807, 2.05) is 0 Å². The fourth-order valence-electron chi connectivity index (χ4n) is 2.19. The van der Waals surface area contributed by atoms with Gasteiger partial charge in [0.05, 0.1) is 22.7 Å². The molecule has 0 aliphatic rings. The number of aromatic nitrogens is 2. The number of sulfonamides is 1. The van der Waals surface area contributed by atoms with Gasteiger partial charge >= 0.3 is 0 Å². The lowest BCUT2D eigenvalue weighted by Gasteiger charge is -2.09. The summed E-state index contributed by atoms with van der Waals surface area (Å²) in [5.41, 5.74) is 1.25. The smallest absolute Gasteiger partial charge is 0.263 e. The molecule has 0 aliphatic heterocycles. The van der Waals surface area contributed by atoms with Crippen molar-refractivity contribution >= 4 is 50.9 Å². The van der Waals surface area contributed by atoms with Crippen LogP contribution in [0.15, 0.2) is 64.7 Å². The first-order valence-corrected chi connectivity index (χ1v) is 10.1. The van der Waals surface area contributed by atoms with Crippen LogP contribution in [-0.2, 0) is 10.0 Å². The molecular weight excluding hydrogens is 423 g/mol. The molecule has 2 aromatic carbocycles. The van der Waals surface area contributed by atoms with E-state index in [9.17, 15) is 8.42 Å². The third-order valence-electron chi connectivity index (χ3n) is 3.55. The molecular formula is C18H14Cl2N4O3S. The Hall–Kier alpha value is -2.68. The number of nitrogens with zero attached hydrogens (tertiary/aromatic N) is 3. The summed E-state index contributed by atoms with van der Waals surface area (Å²) in [5, 5.41) is 1.00. The minimum Gasteiger partial charge on any atom is -0.478 e. The number of methoxy groups -OCH3 is 1. The number of nitrogens with one attached hydrogen (secondary N) is 1. The maximum atomic E-state index is 12.5. The van der Waals surface area contributed by atoms with E-state index in [-0.39, 0.29) is 16.6 Å². The molecule has 144 valence electrons. The zero-order chi connectivity index (χ0) is 20.1. The van der Waals surface area contributed by atoms with Gasteiger partial charge in [-0.2, -0.15) is 0 Å². The molecule has 0 radical (unpaired) electrons. The third kappa shape index (κ3) is 4.78. The van der Waals surface area contributed by atoms with Gasteiger partial charge in [-0.1, -0.05) is 29.3 Å². The second-order valence-electron chi connectivity index (χ2n) is 5.44. The monoisotopic (exact) mass is 436 g/mol. The predicted octanol–water partition coefficient (Wildman–Crippen LogP) is 4.34. The van der Waals surface area contributed by atoms with E-state index < -0.39 is 10.0 Å². The van der Waals surface area contributed by atoms with E-state index in [1.165, 1.54) is 31.6 Å². The van der Waals surface area contributed by atoms with Crippen molar-refractivity contribution in [3.05, 3.63) is 70.5 Å². The Labute approximate surface area is 172 Å². The molecule has 0 unspecified atom stereocenters. The summed E-state index contributed by atoms with van der Waals surface area (Å²) < 4.78 is 32.4. The fourth-order valence-corrected chi connectivity index (χ4v) is 3.66. The number of hydrogen-bond acceptors (Lipinski definition) is 6. The van der Waals surface area contributed by atoms with Crippen LogP contribution in [0.2, 0.25) is 10.0 Å². The van der Waals surface area contributed by atoms with Gasteiger partial charge in [-0.3, -0.25) is 9.71 Å². The molecule has 0 aliphatic carbocycles. The standard InChI is InChI=1S/C18H14Cl2N4O3S/c1-27-18-17(21-8-9-22-18)24-28(25,26)15-6-4-14(5-7-15)23-11-12-2-3-13(19)10-16(12)20/h2-11H,1H3,(H,21,24). The Morgan fingerprint density at radius 1 is 1.07 bits per heavy atom. The van der Waals surface area contributed by atoms with Crippen LogP contribution in [0.25, 0.3) is 0 Å². The molecule has 0 saturated heterocycles. The summed E-state index contributed by atoms with van der Waals surface area (Å²) >= 11 is 12.0. The molecule has 7 nitrogen and oxygen atoms in total. The van der Waals surface area contributed by atoms with Gasteiger partial charge in [0.1, 0.15) is 0 Å². The van der Waals surface area contributed by atoms with Gasteiger partial charge in [-0.15, -0.1) is 0 Å². The lowest BCUT2D eigenvalue weighted by molar-refractivity contribution is 0.398. The van der Waals surface area contributed by atoms with Crippen LogP contribution >= 0.6 is 23.2 Å². The Balaban J connectivity index is 1.78. The lowest BCUT2D eigenvalue weighted by Crippen LogP contribution is -2.14. The van der Waals surface area contributed by atoms with E-state index in [4.69, 9.17) is 27.9 Å². The van der Waals surface area contributed by atoms with Crippen LogP contribution in [-0.4, -0.2) is 31.7 Å². The number of benzene rings is 2. The quantitative estimate of drug-likeness (QED) is 0.579. The van der Waals surface area contributed by atoms with Crippen LogP contribution in [0.5, 0.6) is 5.88 Å². The van der Waals surface area contributed by atoms with E-state index >= 15 is 0 Å². The Kier molecular flexibility index (Phi) is 6.13. The van der Waals surface area contributed by atoms with Crippen molar-refractivity contribution in [2.45, 2.75) is 4.90 Å². The molecule has 28 heavy (non-hydrogen) atoms. The minimum absolute atomic E-state index is 0.00415. The van der Waals surface area contributed by atoms with Crippen LogP contribution in [0.1, 0.15) is 5.56 Å². The first-order valence-electron chi connectivity index (χ1n) is 7.86. The van der Waals surface area contributed by atoms with E-state index in [2.05, 4.69) is 19.7 Å². The number of hydrogen-bond donors (Lipinski definition) is 1. The van der Waals surface area contributed by atoms with Gasteiger partial charge in [-0.05, 0) is 36.4 Å². The zero-order valence-corrected chi connectivity index (χ0v) is 16.8. The van der Waals surface area contributed by atoms with Crippen molar-refractivity contribution in [3.63, 3.8) is 0 Å².